The van der Waals surface area contributed by atoms with E-state index in [0.717, 1.165) is 20.1 Å². The Morgan fingerprint density at radius 3 is 2.69 bits per heavy atom. The van der Waals surface area contributed by atoms with Crippen molar-refractivity contribution in [1.82, 2.24) is 16.2 Å². The molecule has 3 aromatic rings. The molecule has 3 rings (SSSR count). The molecule has 2 aromatic carbocycles. The first kappa shape index (κ1) is 21.5. The number of aryl methyl sites for hydroxylation is 1. The lowest BCUT2D eigenvalue weighted by molar-refractivity contribution is -0.121. The fourth-order valence-electron chi connectivity index (χ4n) is 2.39. The molecule has 150 valence electrons. The summed E-state index contributed by atoms with van der Waals surface area (Å²) in [5, 5.41) is 3.54. The van der Waals surface area contributed by atoms with E-state index in [2.05, 4.69) is 32.1 Å². The SMILES string of the molecule is Cc1ccc(OCC(=O)NC(=S)NNC(=O)c2sc3ccccc3c2Cl)c(Br)c1. The van der Waals surface area contributed by atoms with Gasteiger partial charge in [0.2, 0.25) is 0 Å². The zero-order valence-corrected chi connectivity index (χ0v) is 19.0. The minimum atomic E-state index is -0.468. The van der Waals surface area contributed by atoms with Crippen molar-refractivity contribution in [1.29, 1.82) is 0 Å². The number of hydrazine groups is 1. The van der Waals surface area contributed by atoms with Crippen molar-refractivity contribution in [3.05, 3.63) is 62.4 Å². The fourth-order valence-corrected chi connectivity index (χ4v) is 4.58. The molecule has 10 heteroatoms. The predicted octanol–water partition coefficient (Wildman–Crippen LogP) is 4.34. The zero-order valence-electron chi connectivity index (χ0n) is 15.0. The lowest BCUT2D eigenvalue weighted by Crippen LogP contribution is -2.49. The van der Waals surface area contributed by atoms with Gasteiger partial charge in [0.15, 0.2) is 11.7 Å². The lowest BCUT2D eigenvalue weighted by atomic mass is 10.2. The molecule has 0 saturated carbocycles. The standard InChI is InChI=1S/C19H15BrClN3O3S2/c1-10-6-7-13(12(20)8-10)27-9-15(25)22-19(28)24-23-18(26)17-16(21)11-4-2-3-5-14(11)29-17/h2-8H,9H2,1H3,(H,23,26)(H2,22,24,25,28). The van der Waals surface area contributed by atoms with Gasteiger partial charge in [-0.3, -0.25) is 25.8 Å². The molecule has 6 nitrogen and oxygen atoms in total. The molecule has 0 aliphatic heterocycles. The number of hydrogen-bond acceptors (Lipinski definition) is 5. The van der Waals surface area contributed by atoms with E-state index in [9.17, 15) is 9.59 Å². The van der Waals surface area contributed by atoms with Crippen molar-refractivity contribution in [3.8, 4) is 5.75 Å². The van der Waals surface area contributed by atoms with E-state index in [1.54, 1.807) is 6.07 Å². The maximum atomic E-state index is 12.4. The predicted molar refractivity (Wildman–Crippen MR) is 123 cm³/mol. The maximum Gasteiger partial charge on any atom is 0.281 e. The summed E-state index contributed by atoms with van der Waals surface area (Å²) in [6.07, 6.45) is 0. The number of amides is 2. The molecule has 0 unspecified atom stereocenters. The van der Waals surface area contributed by atoms with Crippen molar-refractivity contribution >= 4 is 78.1 Å². The molecular formula is C19H15BrClN3O3S2. The molecule has 0 saturated heterocycles. The van der Waals surface area contributed by atoms with E-state index in [-0.39, 0.29) is 11.7 Å². The molecule has 0 atom stereocenters. The van der Waals surface area contributed by atoms with Crippen LogP contribution in [0.3, 0.4) is 0 Å². The number of carbonyl (C=O) groups is 2. The minimum absolute atomic E-state index is 0.0628. The third kappa shape index (κ3) is 5.45. The lowest BCUT2D eigenvalue weighted by Gasteiger charge is -2.11. The molecule has 1 heterocycles. The van der Waals surface area contributed by atoms with Gasteiger partial charge in [-0.15, -0.1) is 11.3 Å². The highest BCUT2D eigenvalue weighted by Crippen LogP contribution is 2.34. The first-order valence-electron chi connectivity index (χ1n) is 8.31. The van der Waals surface area contributed by atoms with Crippen LogP contribution in [-0.2, 0) is 4.79 Å². The van der Waals surface area contributed by atoms with E-state index >= 15 is 0 Å². The second-order valence-corrected chi connectivity index (χ2v) is 8.61. The number of carbonyl (C=O) groups excluding carboxylic acids is 2. The average molecular weight is 513 g/mol. The van der Waals surface area contributed by atoms with E-state index in [4.69, 9.17) is 28.6 Å². The molecule has 0 aliphatic carbocycles. The highest BCUT2D eigenvalue weighted by molar-refractivity contribution is 9.10. The van der Waals surface area contributed by atoms with Crippen molar-refractivity contribution in [2.24, 2.45) is 0 Å². The molecule has 0 aliphatic rings. The van der Waals surface area contributed by atoms with Crippen LogP contribution in [0.2, 0.25) is 5.02 Å². The van der Waals surface area contributed by atoms with E-state index < -0.39 is 11.8 Å². The van der Waals surface area contributed by atoms with Crippen LogP contribution in [0.25, 0.3) is 10.1 Å². The second kappa shape index (κ2) is 9.53. The van der Waals surface area contributed by atoms with Gasteiger partial charge in [0, 0.05) is 10.1 Å². The number of nitrogens with one attached hydrogen (secondary N) is 3. The Morgan fingerprint density at radius 1 is 1.21 bits per heavy atom. The number of thiocarbonyl (C=S) groups is 1. The quantitative estimate of drug-likeness (QED) is 0.358. The molecular weight excluding hydrogens is 498 g/mol. The van der Waals surface area contributed by atoms with Crippen molar-refractivity contribution in [3.63, 3.8) is 0 Å². The number of benzene rings is 2. The van der Waals surface area contributed by atoms with E-state index in [1.807, 2.05) is 43.3 Å². The summed E-state index contributed by atoms with van der Waals surface area (Å²) < 4.78 is 7.10. The topological polar surface area (TPSA) is 79.5 Å². The molecule has 2 amide bonds. The molecule has 29 heavy (non-hydrogen) atoms. The molecule has 3 N–H and O–H groups in total. The van der Waals surface area contributed by atoms with Crippen molar-refractivity contribution in [2.75, 3.05) is 6.61 Å². The van der Waals surface area contributed by atoms with Crippen LogP contribution in [0.15, 0.2) is 46.9 Å². The summed E-state index contributed by atoms with van der Waals surface area (Å²) >= 11 is 15.9. The Kier molecular flexibility index (Phi) is 7.07. The molecule has 1 aromatic heterocycles. The van der Waals surface area contributed by atoms with Gasteiger partial charge in [-0.2, -0.15) is 0 Å². The third-order valence-corrected chi connectivity index (χ3v) is 6.23. The highest BCUT2D eigenvalue weighted by atomic mass is 79.9. The highest BCUT2D eigenvalue weighted by Gasteiger charge is 2.17. The molecule has 0 radical (unpaired) electrons. The minimum Gasteiger partial charge on any atom is -0.483 e. The van der Waals surface area contributed by atoms with Gasteiger partial charge in [0.1, 0.15) is 10.6 Å². The summed E-state index contributed by atoms with van der Waals surface area (Å²) in [7, 11) is 0. The van der Waals surface area contributed by atoms with Crippen LogP contribution >= 0.6 is 51.1 Å². The van der Waals surface area contributed by atoms with Crippen LogP contribution in [0, 0.1) is 6.92 Å². The average Bonchev–Trinajstić information content (AvgIpc) is 3.02. The molecule has 0 fully saturated rings. The Hall–Kier alpha value is -2.20. The largest absolute Gasteiger partial charge is 0.483 e. The van der Waals surface area contributed by atoms with Gasteiger partial charge in [0.25, 0.3) is 11.8 Å². The number of hydrogen-bond donors (Lipinski definition) is 3. The van der Waals surface area contributed by atoms with E-state index in [0.29, 0.717) is 15.6 Å². The van der Waals surface area contributed by atoms with Crippen LogP contribution in [0.4, 0.5) is 0 Å². The smallest absolute Gasteiger partial charge is 0.281 e. The zero-order chi connectivity index (χ0) is 21.0. The van der Waals surface area contributed by atoms with Crippen molar-refractivity contribution < 1.29 is 14.3 Å². The van der Waals surface area contributed by atoms with Crippen LogP contribution in [0.1, 0.15) is 15.2 Å². The Morgan fingerprint density at radius 2 is 1.97 bits per heavy atom. The molecule has 0 bridgehead atoms. The summed E-state index contributed by atoms with van der Waals surface area (Å²) in [6.45, 7) is 1.71. The van der Waals surface area contributed by atoms with Gasteiger partial charge >= 0.3 is 0 Å². The van der Waals surface area contributed by atoms with Gasteiger partial charge < -0.3 is 4.74 Å². The Balaban J connectivity index is 1.49. The molecule has 0 spiro atoms. The summed E-state index contributed by atoms with van der Waals surface area (Å²) in [5.74, 6) is -0.380. The monoisotopic (exact) mass is 511 g/mol. The maximum absolute atomic E-state index is 12.4. The number of ether oxygens (including phenoxy) is 1. The summed E-state index contributed by atoms with van der Waals surface area (Å²) in [6, 6.07) is 13.0. The van der Waals surface area contributed by atoms with Crippen LogP contribution in [0.5, 0.6) is 5.75 Å². The Labute approximate surface area is 189 Å². The first-order chi connectivity index (χ1) is 13.8. The number of halogens is 2. The Bertz CT molecular complexity index is 1100. The summed E-state index contributed by atoms with van der Waals surface area (Å²) in [4.78, 5) is 24.7. The van der Waals surface area contributed by atoms with Crippen LogP contribution in [-0.4, -0.2) is 23.5 Å². The van der Waals surface area contributed by atoms with Gasteiger partial charge in [-0.25, -0.2) is 0 Å². The van der Waals surface area contributed by atoms with Crippen molar-refractivity contribution in [2.45, 2.75) is 6.92 Å². The number of thiophene rings is 1. The second-order valence-electron chi connectivity index (χ2n) is 5.92. The first-order valence-corrected chi connectivity index (χ1v) is 10.7. The number of fused-ring (bicyclic) bond motifs is 1. The number of rotatable bonds is 4. The van der Waals surface area contributed by atoms with Crippen LogP contribution < -0.4 is 20.9 Å². The van der Waals surface area contributed by atoms with Gasteiger partial charge in [-0.1, -0.05) is 35.9 Å². The fraction of sp³-hybridized carbons (Fsp3) is 0.105. The van der Waals surface area contributed by atoms with Gasteiger partial charge in [0.05, 0.1) is 9.50 Å². The van der Waals surface area contributed by atoms with Gasteiger partial charge in [-0.05, 0) is 58.8 Å². The normalized spacial score (nSPS) is 10.4. The van der Waals surface area contributed by atoms with E-state index in [1.165, 1.54) is 11.3 Å². The third-order valence-electron chi connectivity index (χ3n) is 3.73. The summed E-state index contributed by atoms with van der Waals surface area (Å²) in [5.41, 5.74) is 5.97.